The van der Waals surface area contributed by atoms with Gasteiger partial charge in [0.25, 0.3) is 0 Å². The minimum atomic E-state index is 0. The number of benzene rings is 2. The highest BCUT2D eigenvalue weighted by Gasteiger charge is 2.30. The van der Waals surface area contributed by atoms with Crippen molar-refractivity contribution < 1.29 is 4.74 Å². The number of nitrogens with zero attached hydrogens (tertiary/aromatic N) is 1. The second-order valence-electron chi connectivity index (χ2n) is 6.69. The predicted molar refractivity (Wildman–Crippen MR) is 102 cm³/mol. The number of likely N-dealkylation sites (tertiary alicyclic amines) is 1. The summed E-state index contributed by atoms with van der Waals surface area (Å²) >= 11 is 0. The average molecular weight is 347 g/mol. The standard InChI is InChI=1S/C20H26N2O.ClH/c1-15(2)23-18-10-8-16(9-11-18)12-22-13-19(20(21)14-22)17-6-4-3-5-7-17;/h3-11,15,19-20H,12-14,21H2,1-2H3;1H/t19-,20+;/m0./s1. The molecule has 0 bridgehead atoms. The van der Waals surface area contributed by atoms with Crippen molar-refractivity contribution in [3.63, 3.8) is 0 Å². The number of hydrogen-bond acceptors (Lipinski definition) is 3. The summed E-state index contributed by atoms with van der Waals surface area (Å²) in [5.74, 6) is 1.36. The van der Waals surface area contributed by atoms with Crippen LogP contribution in [0, 0.1) is 0 Å². The SMILES string of the molecule is CC(C)Oc1ccc(CN2C[C@@H](N)[C@H](c3ccccc3)C2)cc1.Cl. The van der Waals surface area contributed by atoms with Gasteiger partial charge in [-0.05, 0) is 37.1 Å². The maximum absolute atomic E-state index is 6.37. The highest BCUT2D eigenvalue weighted by atomic mass is 35.5. The van der Waals surface area contributed by atoms with Crippen LogP contribution in [-0.2, 0) is 6.54 Å². The van der Waals surface area contributed by atoms with Crippen LogP contribution in [0.1, 0.15) is 30.9 Å². The predicted octanol–water partition coefficient (Wildman–Crippen LogP) is 3.82. The van der Waals surface area contributed by atoms with Crippen molar-refractivity contribution in [3.05, 3.63) is 65.7 Å². The van der Waals surface area contributed by atoms with Gasteiger partial charge in [0.2, 0.25) is 0 Å². The van der Waals surface area contributed by atoms with Crippen LogP contribution in [0.25, 0.3) is 0 Å². The van der Waals surface area contributed by atoms with Gasteiger partial charge in [0, 0.05) is 31.6 Å². The molecule has 0 amide bonds. The third kappa shape index (κ3) is 4.73. The summed E-state index contributed by atoms with van der Waals surface area (Å²) in [7, 11) is 0. The maximum Gasteiger partial charge on any atom is 0.119 e. The van der Waals surface area contributed by atoms with Crippen molar-refractivity contribution in [2.45, 2.75) is 38.5 Å². The van der Waals surface area contributed by atoms with Crippen LogP contribution in [0.5, 0.6) is 5.75 Å². The highest BCUT2D eigenvalue weighted by molar-refractivity contribution is 5.85. The van der Waals surface area contributed by atoms with Gasteiger partial charge in [0.15, 0.2) is 0 Å². The van der Waals surface area contributed by atoms with Crippen molar-refractivity contribution in [2.75, 3.05) is 13.1 Å². The minimum Gasteiger partial charge on any atom is -0.491 e. The van der Waals surface area contributed by atoms with E-state index >= 15 is 0 Å². The lowest BCUT2D eigenvalue weighted by molar-refractivity contribution is 0.242. The summed E-state index contributed by atoms with van der Waals surface area (Å²) in [5, 5.41) is 0. The Labute approximate surface area is 151 Å². The van der Waals surface area contributed by atoms with Crippen molar-refractivity contribution in [1.29, 1.82) is 0 Å². The summed E-state index contributed by atoms with van der Waals surface area (Å²) in [6.45, 7) is 7.00. The van der Waals surface area contributed by atoms with Crippen molar-refractivity contribution >= 4 is 12.4 Å². The highest BCUT2D eigenvalue weighted by Crippen LogP contribution is 2.27. The smallest absolute Gasteiger partial charge is 0.119 e. The molecule has 0 aliphatic carbocycles. The fourth-order valence-corrected chi connectivity index (χ4v) is 3.30. The molecule has 0 spiro atoms. The third-order valence-corrected chi connectivity index (χ3v) is 4.37. The first kappa shape index (κ1) is 18.8. The van der Waals surface area contributed by atoms with Crippen LogP contribution >= 0.6 is 12.4 Å². The minimum absolute atomic E-state index is 0. The molecule has 3 nitrogen and oxygen atoms in total. The average Bonchev–Trinajstić information content (AvgIpc) is 2.90. The van der Waals surface area contributed by atoms with Gasteiger partial charge in [-0.25, -0.2) is 0 Å². The Morgan fingerprint density at radius 1 is 1.04 bits per heavy atom. The maximum atomic E-state index is 6.37. The molecule has 130 valence electrons. The number of halogens is 1. The van der Waals surface area contributed by atoms with E-state index in [1.165, 1.54) is 11.1 Å². The van der Waals surface area contributed by atoms with E-state index in [0.29, 0.717) is 5.92 Å². The zero-order valence-electron chi connectivity index (χ0n) is 14.4. The van der Waals surface area contributed by atoms with Gasteiger partial charge in [-0.3, -0.25) is 4.90 Å². The fraction of sp³-hybridized carbons (Fsp3) is 0.400. The van der Waals surface area contributed by atoms with Crippen molar-refractivity contribution in [2.24, 2.45) is 5.73 Å². The summed E-state index contributed by atoms with van der Waals surface area (Å²) < 4.78 is 5.70. The zero-order valence-corrected chi connectivity index (χ0v) is 15.2. The van der Waals surface area contributed by atoms with Gasteiger partial charge in [0.1, 0.15) is 5.75 Å². The number of ether oxygens (including phenoxy) is 1. The lowest BCUT2D eigenvalue weighted by atomic mass is 9.95. The summed E-state index contributed by atoms with van der Waals surface area (Å²) in [5.41, 5.74) is 9.03. The molecule has 2 atom stereocenters. The quantitative estimate of drug-likeness (QED) is 0.894. The van der Waals surface area contributed by atoms with E-state index in [2.05, 4.69) is 59.5 Å². The second-order valence-corrected chi connectivity index (χ2v) is 6.69. The van der Waals surface area contributed by atoms with E-state index in [-0.39, 0.29) is 24.6 Å². The fourth-order valence-electron chi connectivity index (χ4n) is 3.30. The molecular formula is C20H27ClN2O. The molecule has 1 saturated heterocycles. The molecule has 1 aliphatic rings. The van der Waals surface area contributed by atoms with Crippen molar-refractivity contribution in [1.82, 2.24) is 4.90 Å². The molecule has 24 heavy (non-hydrogen) atoms. The van der Waals surface area contributed by atoms with Gasteiger partial charge in [-0.15, -0.1) is 12.4 Å². The van der Waals surface area contributed by atoms with Gasteiger partial charge in [-0.2, -0.15) is 0 Å². The van der Waals surface area contributed by atoms with E-state index < -0.39 is 0 Å². The van der Waals surface area contributed by atoms with E-state index in [4.69, 9.17) is 10.5 Å². The topological polar surface area (TPSA) is 38.5 Å². The summed E-state index contributed by atoms with van der Waals surface area (Å²) in [6, 6.07) is 19.2. The molecule has 0 aromatic heterocycles. The Kier molecular flexibility index (Phi) is 6.67. The van der Waals surface area contributed by atoms with Crippen molar-refractivity contribution in [3.8, 4) is 5.75 Å². The first-order valence-electron chi connectivity index (χ1n) is 8.40. The van der Waals surface area contributed by atoms with Crippen LogP contribution in [-0.4, -0.2) is 30.1 Å². The van der Waals surface area contributed by atoms with Crippen LogP contribution in [0.2, 0.25) is 0 Å². The van der Waals surface area contributed by atoms with Crippen LogP contribution in [0.15, 0.2) is 54.6 Å². The lowest BCUT2D eigenvalue weighted by Crippen LogP contribution is -2.28. The van der Waals surface area contributed by atoms with Crippen LogP contribution in [0.3, 0.4) is 0 Å². The number of nitrogens with two attached hydrogens (primary N) is 1. The molecule has 2 aromatic rings. The molecule has 3 rings (SSSR count). The summed E-state index contributed by atoms with van der Waals surface area (Å²) in [4.78, 5) is 2.45. The van der Waals surface area contributed by atoms with E-state index in [0.717, 1.165) is 25.4 Å². The molecule has 2 N–H and O–H groups in total. The van der Waals surface area contributed by atoms with Gasteiger partial charge < -0.3 is 10.5 Å². The van der Waals surface area contributed by atoms with Crippen LogP contribution in [0.4, 0.5) is 0 Å². The normalized spacial score (nSPS) is 20.8. The molecular weight excluding hydrogens is 320 g/mol. The van der Waals surface area contributed by atoms with Crippen LogP contribution < -0.4 is 10.5 Å². The van der Waals surface area contributed by atoms with Gasteiger partial charge in [0.05, 0.1) is 6.10 Å². The monoisotopic (exact) mass is 346 g/mol. The van der Waals surface area contributed by atoms with E-state index in [1.807, 2.05) is 13.8 Å². The number of rotatable bonds is 5. The molecule has 4 heteroatoms. The number of hydrogen-bond donors (Lipinski definition) is 1. The first-order chi connectivity index (χ1) is 11.1. The van der Waals surface area contributed by atoms with Gasteiger partial charge >= 0.3 is 0 Å². The second kappa shape index (κ2) is 8.52. The molecule has 0 radical (unpaired) electrons. The molecule has 0 saturated carbocycles. The molecule has 1 aliphatic heterocycles. The molecule has 0 unspecified atom stereocenters. The summed E-state index contributed by atoms with van der Waals surface area (Å²) in [6.07, 6.45) is 0.212. The Morgan fingerprint density at radius 2 is 1.71 bits per heavy atom. The third-order valence-electron chi connectivity index (χ3n) is 4.37. The Hall–Kier alpha value is -1.55. The first-order valence-corrected chi connectivity index (χ1v) is 8.40. The molecule has 1 fully saturated rings. The zero-order chi connectivity index (χ0) is 16.2. The van der Waals surface area contributed by atoms with E-state index in [1.54, 1.807) is 0 Å². The largest absolute Gasteiger partial charge is 0.491 e. The Bertz CT molecular complexity index is 615. The molecule has 2 aromatic carbocycles. The Morgan fingerprint density at radius 3 is 2.33 bits per heavy atom. The Balaban J connectivity index is 0.00000208. The lowest BCUT2D eigenvalue weighted by Gasteiger charge is -2.17. The van der Waals surface area contributed by atoms with Gasteiger partial charge in [-0.1, -0.05) is 42.5 Å². The van der Waals surface area contributed by atoms with E-state index in [9.17, 15) is 0 Å². The molecule has 1 heterocycles.